The van der Waals surface area contributed by atoms with E-state index >= 15 is 0 Å². The summed E-state index contributed by atoms with van der Waals surface area (Å²) in [5, 5.41) is 22.2. The van der Waals surface area contributed by atoms with E-state index in [0.717, 1.165) is 18.4 Å². The van der Waals surface area contributed by atoms with Gasteiger partial charge in [-0.05, 0) is 42.7 Å². The summed E-state index contributed by atoms with van der Waals surface area (Å²) in [5.41, 5.74) is 1.59. The molecule has 2 aromatic carbocycles. The summed E-state index contributed by atoms with van der Waals surface area (Å²) in [7, 11) is 0. The van der Waals surface area contributed by atoms with Crippen LogP contribution in [0.5, 0.6) is 5.75 Å². The lowest BCUT2D eigenvalue weighted by molar-refractivity contribution is -0.127. The monoisotopic (exact) mass is 431 g/mol. The van der Waals surface area contributed by atoms with Crippen molar-refractivity contribution in [3.05, 3.63) is 95.6 Å². The van der Waals surface area contributed by atoms with Gasteiger partial charge in [0.25, 0.3) is 0 Å². The van der Waals surface area contributed by atoms with Crippen molar-refractivity contribution in [3.63, 3.8) is 0 Å². The molecule has 0 saturated heterocycles. The van der Waals surface area contributed by atoms with Gasteiger partial charge in [-0.2, -0.15) is 0 Å². The molecule has 0 aliphatic heterocycles. The van der Waals surface area contributed by atoms with Gasteiger partial charge in [0, 0.05) is 35.7 Å². The minimum Gasteiger partial charge on any atom is -0.508 e. The van der Waals surface area contributed by atoms with Gasteiger partial charge in [-0.1, -0.05) is 49.2 Å². The van der Waals surface area contributed by atoms with Crippen molar-refractivity contribution in [3.8, 4) is 5.75 Å². The Morgan fingerprint density at radius 3 is 2.47 bits per heavy atom. The van der Waals surface area contributed by atoms with Crippen molar-refractivity contribution in [2.75, 3.05) is 0 Å². The maximum Gasteiger partial charge on any atom is 0.231 e. The number of hydrogen-bond acceptors (Lipinski definition) is 4. The van der Waals surface area contributed by atoms with Gasteiger partial charge in [0.05, 0.1) is 11.5 Å². The number of phenols is 1. The highest BCUT2D eigenvalue weighted by Gasteiger charge is 2.43. The fourth-order valence-corrected chi connectivity index (χ4v) is 4.57. The Labute approximate surface area is 186 Å². The topological polar surface area (TPSA) is 86.1 Å². The zero-order valence-corrected chi connectivity index (χ0v) is 17.7. The summed E-state index contributed by atoms with van der Waals surface area (Å²) in [4.78, 5) is 17.8. The van der Waals surface area contributed by atoms with E-state index in [0.29, 0.717) is 29.7 Å². The van der Waals surface area contributed by atoms with E-state index < -0.39 is 11.5 Å². The van der Waals surface area contributed by atoms with E-state index in [4.69, 9.17) is 5.41 Å². The molecule has 1 unspecified atom stereocenters. The normalized spacial score (nSPS) is 15.8. The summed E-state index contributed by atoms with van der Waals surface area (Å²) in [6.45, 7) is 0. The molecule has 1 aliphatic rings. The molecule has 0 bridgehead atoms. The molecule has 1 amide bonds. The number of aromatic nitrogens is 1. The molecule has 1 heterocycles. The lowest BCUT2D eigenvalue weighted by Crippen LogP contribution is -2.44. The molecule has 6 heteroatoms. The zero-order chi connectivity index (χ0) is 22.6. The van der Waals surface area contributed by atoms with Crippen LogP contribution in [0.2, 0.25) is 0 Å². The second-order valence-electron chi connectivity index (χ2n) is 8.31. The van der Waals surface area contributed by atoms with Gasteiger partial charge in [-0.25, -0.2) is 4.39 Å². The average Bonchev–Trinajstić information content (AvgIpc) is 3.31. The Balaban J connectivity index is 1.65. The quantitative estimate of drug-likeness (QED) is 0.458. The first-order chi connectivity index (χ1) is 15.5. The lowest BCUT2D eigenvalue weighted by atomic mass is 9.77. The van der Waals surface area contributed by atoms with Gasteiger partial charge < -0.3 is 15.8 Å². The molecule has 164 valence electrons. The second-order valence-corrected chi connectivity index (χ2v) is 8.31. The number of nitrogens with one attached hydrogen (secondary N) is 2. The number of halogens is 1. The summed E-state index contributed by atoms with van der Waals surface area (Å²) < 4.78 is 13.5. The summed E-state index contributed by atoms with van der Waals surface area (Å²) in [6, 6.07) is 16.0. The number of pyridine rings is 1. The van der Waals surface area contributed by atoms with Crippen LogP contribution in [0.1, 0.15) is 54.8 Å². The van der Waals surface area contributed by atoms with Crippen molar-refractivity contribution in [2.24, 2.45) is 0 Å². The van der Waals surface area contributed by atoms with Crippen LogP contribution in [0.25, 0.3) is 0 Å². The fraction of sp³-hybridized carbons (Fsp3) is 0.269. The Kier molecular flexibility index (Phi) is 6.30. The molecule has 0 spiro atoms. The highest BCUT2D eigenvalue weighted by molar-refractivity contribution is 5.99. The number of aromatic hydroxyl groups is 1. The average molecular weight is 432 g/mol. The Morgan fingerprint density at radius 1 is 1.09 bits per heavy atom. The summed E-state index contributed by atoms with van der Waals surface area (Å²) in [6.07, 6.45) is 6.65. The second kappa shape index (κ2) is 9.30. The van der Waals surface area contributed by atoms with Crippen molar-refractivity contribution in [2.45, 2.75) is 43.6 Å². The van der Waals surface area contributed by atoms with E-state index in [1.54, 1.807) is 60.9 Å². The van der Waals surface area contributed by atoms with Gasteiger partial charge in [0.15, 0.2) is 0 Å². The first-order valence-electron chi connectivity index (χ1n) is 10.8. The number of amides is 1. The number of phenolic OH excluding ortho intramolecular Hbond substituents is 1. The molecule has 3 aromatic rings. The number of para-hydroxylation sites is 1. The van der Waals surface area contributed by atoms with Crippen LogP contribution in [-0.2, 0) is 10.2 Å². The van der Waals surface area contributed by atoms with Gasteiger partial charge in [-0.3, -0.25) is 9.78 Å². The fourth-order valence-electron chi connectivity index (χ4n) is 4.57. The molecule has 32 heavy (non-hydrogen) atoms. The number of carbonyl (C=O) groups excluding carboxylic acids is 1. The van der Waals surface area contributed by atoms with Crippen LogP contribution in [0.15, 0.2) is 73.1 Å². The van der Waals surface area contributed by atoms with Crippen LogP contribution in [0, 0.1) is 11.2 Å². The van der Waals surface area contributed by atoms with Crippen molar-refractivity contribution in [1.82, 2.24) is 10.3 Å². The third-order valence-electron chi connectivity index (χ3n) is 6.32. The Bertz CT molecular complexity index is 1090. The van der Waals surface area contributed by atoms with Crippen LogP contribution in [-0.4, -0.2) is 21.7 Å². The third kappa shape index (κ3) is 4.40. The molecule has 1 fully saturated rings. The van der Waals surface area contributed by atoms with Gasteiger partial charge >= 0.3 is 0 Å². The van der Waals surface area contributed by atoms with Gasteiger partial charge in [0.2, 0.25) is 5.91 Å². The summed E-state index contributed by atoms with van der Waals surface area (Å²) in [5.74, 6) is -0.424. The maximum atomic E-state index is 13.7. The van der Waals surface area contributed by atoms with Crippen LogP contribution >= 0.6 is 0 Å². The molecular formula is C26H26FN3O2. The van der Waals surface area contributed by atoms with Crippen molar-refractivity contribution < 1.29 is 14.3 Å². The molecule has 5 nitrogen and oxygen atoms in total. The number of carbonyl (C=O) groups is 1. The highest BCUT2D eigenvalue weighted by Crippen LogP contribution is 2.42. The Hall–Kier alpha value is -3.54. The van der Waals surface area contributed by atoms with E-state index in [-0.39, 0.29) is 23.9 Å². The number of hydrogen-bond donors (Lipinski definition) is 3. The molecule has 3 N–H and O–H groups in total. The molecular weight excluding hydrogens is 405 g/mol. The first-order valence-corrected chi connectivity index (χ1v) is 10.8. The van der Waals surface area contributed by atoms with E-state index in [2.05, 4.69) is 10.3 Å². The number of rotatable bonds is 7. The lowest BCUT2D eigenvalue weighted by Gasteiger charge is -2.31. The number of benzene rings is 2. The zero-order valence-electron chi connectivity index (χ0n) is 17.7. The van der Waals surface area contributed by atoms with E-state index in [1.165, 1.54) is 12.1 Å². The smallest absolute Gasteiger partial charge is 0.231 e. The predicted octanol–water partition coefficient (Wildman–Crippen LogP) is 5.05. The minimum absolute atomic E-state index is 0.0686. The Morgan fingerprint density at radius 2 is 1.81 bits per heavy atom. The van der Waals surface area contributed by atoms with Crippen LogP contribution in [0.4, 0.5) is 4.39 Å². The minimum atomic E-state index is -0.743. The van der Waals surface area contributed by atoms with E-state index in [9.17, 15) is 14.3 Å². The molecule has 4 rings (SSSR count). The predicted molar refractivity (Wildman–Crippen MR) is 121 cm³/mol. The molecule has 1 saturated carbocycles. The standard InChI is InChI=1S/C26H26FN3O2/c27-20-11-9-19(10-12-20)26(13-3-4-14-26)25(32)30-23(21-7-1-2-8-24(21)31)16-22(28)18-6-5-15-29-17-18/h1-2,5-12,15,17,23,28,31H,3-4,13-14,16H2,(H,30,32). The first kappa shape index (κ1) is 21.7. The molecule has 1 aliphatic carbocycles. The molecule has 1 atom stereocenters. The maximum absolute atomic E-state index is 13.7. The SMILES string of the molecule is N=C(CC(NC(=O)C1(c2ccc(F)cc2)CCCC1)c1ccccc1O)c1cccnc1. The highest BCUT2D eigenvalue weighted by atomic mass is 19.1. The van der Waals surface area contributed by atoms with Crippen molar-refractivity contribution >= 4 is 11.6 Å². The van der Waals surface area contributed by atoms with Crippen LogP contribution in [0.3, 0.4) is 0 Å². The van der Waals surface area contributed by atoms with Gasteiger partial charge in [-0.15, -0.1) is 0 Å². The van der Waals surface area contributed by atoms with Crippen LogP contribution < -0.4 is 5.32 Å². The van der Waals surface area contributed by atoms with Crippen molar-refractivity contribution in [1.29, 1.82) is 5.41 Å². The molecule has 1 aromatic heterocycles. The number of nitrogens with zero attached hydrogens (tertiary/aromatic N) is 1. The molecule has 0 radical (unpaired) electrons. The third-order valence-corrected chi connectivity index (χ3v) is 6.32. The summed E-state index contributed by atoms with van der Waals surface area (Å²) >= 11 is 0. The van der Waals surface area contributed by atoms with E-state index in [1.807, 2.05) is 0 Å². The van der Waals surface area contributed by atoms with Gasteiger partial charge in [0.1, 0.15) is 11.6 Å². The largest absolute Gasteiger partial charge is 0.508 e.